The minimum atomic E-state index is -0.497. The van der Waals surface area contributed by atoms with Gasteiger partial charge in [-0.2, -0.15) is 0 Å². The first-order valence-electron chi connectivity index (χ1n) is 4.97. The summed E-state index contributed by atoms with van der Waals surface area (Å²) in [5.41, 5.74) is 0.829. The topological polar surface area (TPSA) is 59.4 Å². The van der Waals surface area contributed by atoms with Crippen molar-refractivity contribution in [2.75, 3.05) is 12.9 Å². The van der Waals surface area contributed by atoms with Gasteiger partial charge in [0.25, 0.3) is 0 Å². The lowest BCUT2D eigenvalue weighted by Crippen LogP contribution is -2.01. The Balaban J connectivity index is 2.48. The number of rotatable bonds is 5. The third-order valence-corrected chi connectivity index (χ3v) is 2.95. The van der Waals surface area contributed by atoms with Gasteiger partial charge in [0, 0.05) is 11.9 Å². The van der Waals surface area contributed by atoms with Crippen LogP contribution in [0, 0.1) is 0 Å². The summed E-state index contributed by atoms with van der Waals surface area (Å²) in [6.45, 7) is 1.71. The first kappa shape index (κ1) is 13.0. The summed E-state index contributed by atoms with van der Waals surface area (Å²) in [6.07, 6.45) is 1.52. The van der Waals surface area contributed by atoms with Gasteiger partial charge >= 0.3 is 5.97 Å². The van der Waals surface area contributed by atoms with Gasteiger partial charge in [-0.1, -0.05) is 0 Å². The van der Waals surface area contributed by atoms with E-state index in [1.54, 1.807) is 19.2 Å². The van der Waals surface area contributed by atoms with E-state index in [1.807, 2.05) is 6.07 Å². The van der Waals surface area contributed by atoms with Crippen LogP contribution in [0.15, 0.2) is 23.4 Å². The number of ether oxygens (including phenoxy) is 1. The van der Waals surface area contributed by atoms with Gasteiger partial charge in [-0.3, -0.25) is 4.79 Å². The van der Waals surface area contributed by atoms with Gasteiger partial charge < -0.3 is 9.84 Å². The van der Waals surface area contributed by atoms with E-state index >= 15 is 0 Å². The molecular formula is C11H15NO3S. The molecule has 16 heavy (non-hydrogen) atoms. The third kappa shape index (κ3) is 4.20. The Kier molecular flexibility index (Phi) is 5.28. The van der Waals surface area contributed by atoms with Gasteiger partial charge in [-0.05, 0) is 24.6 Å². The highest BCUT2D eigenvalue weighted by Gasteiger charge is 2.05. The molecule has 0 spiro atoms. The summed E-state index contributed by atoms with van der Waals surface area (Å²) < 4.78 is 4.54. The normalized spacial score (nSPS) is 12.2. The molecule has 1 aromatic heterocycles. The van der Waals surface area contributed by atoms with Crippen molar-refractivity contribution in [1.82, 2.24) is 4.98 Å². The second-order valence-corrected chi connectivity index (χ2v) is 4.39. The highest BCUT2D eigenvalue weighted by molar-refractivity contribution is 7.99. The molecule has 1 atom stereocenters. The van der Waals surface area contributed by atoms with E-state index in [0.29, 0.717) is 12.2 Å². The molecule has 0 saturated heterocycles. The first-order chi connectivity index (χ1) is 7.63. The third-order valence-electron chi connectivity index (χ3n) is 2.03. The molecule has 0 fully saturated rings. The highest BCUT2D eigenvalue weighted by atomic mass is 32.2. The number of thioether (sulfide) groups is 1. The molecule has 0 unspecified atom stereocenters. The highest BCUT2D eigenvalue weighted by Crippen LogP contribution is 2.20. The van der Waals surface area contributed by atoms with Crippen LogP contribution in [0.2, 0.25) is 0 Å². The molecule has 0 saturated carbocycles. The summed E-state index contributed by atoms with van der Waals surface area (Å²) in [7, 11) is 1.37. The number of aliphatic hydroxyl groups excluding tert-OH is 1. The molecule has 0 radical (unpaired) electrons. The monoisotopic (exact) mass is 241 g/mol. The minimum absolute atomic E-state index is 0.223. The zero-order valence-electron chi connectivity index (χ0n) is 9.34. The lowest BCUT2D eigenvalue weighted by Gasteiger charge is -2.06. The number of pyridine rings is 1. The fourth-order valence-electron chi connectivity index (χ4n) is 1.10. The van der Waals surface area contributed by atoms with Crippen LogP contribution >= 0.6 is 11.8 Å². The standard InChI is InChI=1S/C11H15NO3S/c1-8(13)9-3-5-12-10(7-9)16-6-4-11(14)15-2/h3,5,7-8,13H,4,6H2,1-2H3/t8-/m0/s1. The van der Waals surface area contributed by atoms with E-state index in [1.165, 1.54) is 18.9 Å². The number of carbonyl (C=O) groups is 1. The van der Waals surface area contributed by atoms with E-state index in [-0.39, 0.29) is 5.97 Å². The maximum Gasteiger partial charge on any atom is 0.306 e. The molecule has 1 heterocycles. The fraction of sp³-hybridized carbons (Fsp3) is 0.455. The largest absolute Gasteiger partial charge is 0.469 e. The second-order valence-electron chi connectivity index (χ2n) is 3.28. The van der Waals surface area contributed by atoms with Crippen molar-refractivity contribution in [2.45, 2.75) is 24.5 Å². The molecule has 1 N–H and O–H groups in total. The quantitative estimate of drug-likeness (QED) is 0.629. The van der Waals surface area contributed by atoms with Gasteiger partial charge in [0.2, 0.25) is 0 Å². The molecule has 0 aromatic carbocycles. The number of hydrogen-bond donors (Lipinski definition) is 1. The second kappa shape index (κ2) is 6.50. The number of methoxy groups -OCH3 is 1. The Morgan fingerprint density at radius 1 is 1.69 bits per heavy atom. The van der Waals surface area contributed by atoms with Crippen LogP contribution < -0.4 is 0 Å². The maximum absolute atomic E-state index is 10.9. The SMILES string of the molecule is COC(=O)CCSc1cc([C@H](C)O)ccn1. The number of esters is 1. The van der Waals surface area contributed by atoms with Crippen molar-refractivity contribution in [2.24, 2.45) is 0 Å². The molecule has 0 aliphatic carbocycles. The van der Waals surface area contributed by atoms with Crippen LogP contribution in [0.5, 0.6) is 0 Å². The van der Waals surface area contributed by atoms with Crippen molar-refractivity contribution in [3.05, 3.63) is 23.9 Å². The fourth-order valence-corrected chi connectivity index (χ4v) is 1.94. The van der Waals surface area contributed by atoms with E-state index in [4.69, 9.17) is 0 Å². The average molecular weight is 241 g/mol. The molecular weight excluding hydrogens is 226 g/mol. The minimum Gasteiger partial charge on any atom is -0.469 e. The molecule has 88 valence electrons. The van der Waals surface area contributed by atoms with Crippen molar-refractivity contribution in [1.29, 1.82) is 0 Å². The number of carbonyl (C=O) groups excluding carboxylic acids is 1. The zero-order valence-corrected chi connectivity index (χ0v) is 10.2. The van der Waals surface area contributed by atoms with Gasteiger partial charge in [0.15, 0.2) is 0 Å². The Hall–Kier alpha value is -1.07. The Bertz CT molecular complexity index is 355. The summed E-state index contributed by atoms with van der Waals surface area (Å²) in [4.78, 5) is 15.0. The van der Waals surface area contributed by atoms with Crippen molar-refractivity contribution < 1.29 is 14.6 Å². The molecule has 0 aliphatic rings. The van der Waals surface area contributed by atoms with Gasteiger partial charge in [-0.15, -0.1) is 11.8 Å². The van der Waals surface area contributed by atoms with Crippen molar-refractivity contribution >= 4 is 17.7 Å². The van der Waals surface area contributed by atoms with Gasteiger partial charge in [0.1, 0.15) is 0 Å². The Labute approximate surface area is 99.0 Å². The summed E-state index contributed by atoms with van der Waals surface area (Å²) in [5, 5.41) is 10.2. The predicted octanol–water partition coefficient (Wildman–Crippen LogP) is 1.79. The van der Waals surface area contributed by atoms with Crippen LogP contribution in [0.4, 0.5) is 0 Å². The van der Waals surface area contributed by atoms with Gasteiger partial charge in [-0.25, -0.2) is 4.98 Å². The van der Waals surface area contributed by atoms with Gasteiger partial charge in [0.05, 0.1) is 24.7 Å². The summed E-state index contributed by atoms with van der Waals surface area (Å²) >= 11 is 1.47. The zero-order chi connectivity index (χ0) is 12.0. The lowest BCUT2D eigenvalue weighted by molar-refractivity contribution is -0.140. The molecule has 0 aliphatic heterocycles. The number of aliphatic hydroxyl groups is 1. The van der Waals surface area contributed by atoms with Crippen LogP contribution in [0.25, 0.3) is 0 Å². The Morgan fingerprint density at radius 3 is 3.06 bits per heavy atom. The van der Waals surface area contributed by atoms with E-state index < -0.39 is 6.10 Å². The molecule has 1 rings (SSSR count). The first-order valence-corrected chi connectivity index (χ1v) is 5.95. The average Bonchev–Trinajstić information content (AvgIpc) is 2.29. The molecule has 0 amide bonds. The van der Waals surface area contributed by atoms with Crippen molar-refractivity contribution in [3.63, 3.8) is 0 Å². The summed E-state index contributed by atoms with van der Waals surface area (Å²) in [5.74, 6) is 0.405. The molecule has 5 heteroatoms. The van der Waals surface area contributed by atoms with E-state index in [0.717, 1.165) is 10.6 Å². The molecule has 4 nitrogen and oxygen atoms in total. The van der Waals surface area contributed by atoms with Crippen LogP contribution in [-0.2, 0) is 9.53 Å². The van der Waals surface area contributed by atoms with Crippen LogP contribution in [-0.4, -0.2) is 28.9 Å². The van der Waals surface area contributed by atoms with E-state index in [2.05, 4.69) is 9.72 Å². The number of nitrogens with zero attached hydrogens (tertiary/aromatic N) is 1. The lowest BCUT2D eigenvalue weighted by atomic mass is 10.2. The number of aromatic nitrogens is 1. The Morgan fingerprint density at radius 2 is 2.44 bits per heavy atom. The molecule has 0 bridgehead atoms. The smallest absolute Gasteiger partial charge is 0.306 e. The molecule has 1 aromatic rings. The predicted molar refractivity (Wildman–Crippen MR) is 62.2 cm³/mol. The maximum atomic E-state index is 10.9. The van der Waals surface area contributed by atoms with Crippen LogP contribution in [0.3, 0.4) is 0 Å². The van der Waals surface area contributed by atoms with Crippen LogP contribution in [0.1, 0.15) is 25.0 Å². The van der Waals surface area contributed by atoms with E-state index in [9.17, 15) is 9.90 Å². The van der Waals surface area contributed by atoms with Crippen molar-refractivity contribution in [3.8, 4) is 0 Å². The number of hydrogen-bond acceptors (Lipinski definition) is 5. The summed E-state index contributed by atoms with van der Waals surface area (Å²) in [6, 6.07) is 3.60.